The maximum atomic E-state index is 13.3. The smallest absolute Gasteiger partial charge is 0.317 e. The fraction of sp³-hybridized carbons (Fsp3) is 0.714. The van der Waals surface area contributed by atoms with Crippen LogP contribution in [-0.2, 0) is 9.53 Å². The van der Waals surface area contributed by atoms with E-state index >= 15 is 0 Å². The summed E-state index contributed by atoms with van der Waals surface area (Å²) in [4.78, 5) is 26.9. The number of likely N-dealkylation sites (N-methyl/N-ethyl adjacent to an activating group) is 1. The van der Waals surface area contributed by atoms with Gasteiger partial charge in [-0.1, -0.05) is 55.8 Å². The lowest BCUT2D eigenvalue weighted by molar-refractivity contribution is -0.121. The van der Waals surface area contributed by atoms with Gasteiger partial charge in [0.15, 0.2) is 0 Å². The number of ether oxygens (including phenoxy) is 1. The molecule has 2 unspecified atom stereocenters. The summed E-state index contributed by atoms with van der Waals surface area (Å²) in [5.74, 6) is 0.897. The van der Waals surface area contributed by atoms with Crippen molar-refractivity contribution in [3.8, 4) is 0 Å². The first kappa shape index (κ1) is 28.7. The van der Waals surface area contributed by atoms with E-state index in [1.807, 2.05) is 36.2 Å². The van der Waals surface area contributed by atoms with Crippen molar-refractivity contribution in [2.24, 2.45) is 11.8 Å². The number of piperidine rings is 1. The van der Waals surface area contributed by atoms with Gasteiger partial charge in [0.2, 0.25) is 5.91 Å². The van der Waals surface area contributed by atoms with Crippen LogP contribution in [0.25, 0.3) is 0 Å². The number of benzene rings is 1. The van der Waals surface area contributed by atoms with E-state index in [0.29, 0.717) is 36.9 Å². The number of nitrogens with one attached hydrogen (secondary N) is 3. The van der Waals surface area contributed by atoms with Crippen molar-refractivity contribution in [1.29, 1.82) is 0 Å². The van der Waals surface area contributed by atoms with Gasteiger partial charge in [0.1, 0.15) is 0 Å². The number of carbonyl (C=O) groups is 2. The Balaban J connectivity index is 1.62. The molecule has 3 N–H and O–H groups in total. The number of likely N-dealkylation sites (tertiary alicyclic amines) is 1. The number of urea groups is 1. The van der Waals surface area contributed by atoms with E-state index in [1.54, 1.807) is 7.05 Å². The average molecular weight is 521 g/mol. The maximum Gasteiger partial charge on any atom is 0.317 e. The molecule has 1 aliphatic carbocycles. The standard InChI is InChI=1S/C28H45ClN4O3/c1-30-19-25(17-21-9-4-3-5-10-21)32-28(35)33-15-7-12-23(20-33)27(22-11-6-13-24(29)18-22)36-16-8-14-26(34)31-2/h6,11,13,18,21,23,25,27,30H,3-5,7-10,12,14-17,19-20H2,1-2H3,(H,31,34)(H,32,35)/t23?,25?,27-/m0/s1. The molecule has 3 amide bonds. The Morgan fingerprint density at radius 2 is 1.94 bits per heavy atom. The average Bonchev–Trinajstić information content (AvgIpc) is 2.89. The molecule has 0 radical (unpaired) electrons. The second-order valence-corrected chi connectivity index (χ2v) is 10.9. The molecular weight excluding hydrogens is 476 g/mol. The van der Waals surface area contributed by atoms with Gasteiger partial charge in [-0.05, 0) is 56.3 Å². The van der Waals surface area contributed by atoms with Gasteiger partial charge in [0.05, 0.1) is 6.10 Å². The summed E-state index contributed by atoms with van der Waals surface area (Å²) in [5.41, 5.74) is 1.03. The Bertz CT molecular complexity index is 818. The minimum atomic E-state index is -0.167. The lowest BCUT2D eigenvalue weighted by atomic mass is 9.85. The Labute approximate surface area is 222 Å². The van der Waals surface area contributed by atoms with Crippen LogP contribution in [-0.4, -0.2) is 63.2 Å². The van der Waals surface area contributed by atoms with Crippen LogP contribution in [0.15, 0.2) is 24.3 Å². The second-order valence-electron chi connectivity index (χ2n) is 10.4. The van der Waals surface area contributed by atoms with Gasteiger partial charge in [-0.15, -0.1) is 0 Å². The molecule has 8 heteroatoms. The van der Waals surface area contributed by atoms with E-state index in [2.05, 4.69) is 16.0 Å². The predicted octanol–water partition coefficient (Wildman–Crippen LogP) is 4.90. The monoisotopic (exact) mass is 520 g/mol. The zero-order valence-electron chi connectivity index (χ0n) is 22.1. The van der Waals surface area contributed by atoms with Crippen molar-refractivity contribution >= 4 is 23.5 Å². The van der Waals surface area contributed by atoms with Crippen LogP contribution in [0.5, 0.6) is 0 Å². The van der Waals surface area contributed by atoms with E-state index < -0.39 is 0 Å². The third-order valence-corrected chi connectivity index (χ3v) is 7.83. The number of amides is 3. The quantitative estimate of drug-likeness (QED) is 0.342. The number of nitrogens with zero attached hydrogens (tertiary/aromatic N) is 1. The van der Waals surface area contributed by atoms with Gasteiger partial charge in [-0.2, -0.15) is 0 Å². The van der Waals surface area contributed by atoms with Crippen LogP contribution in [0, 0.1) is 11.8 Å². The van der Waals surface area contributed by atoms with Crippen LogP contribution < -0.4 is 16.0 Å². The van der Waals surface area contributed by atoms with Gasteiger partial charge in [-0.25, -0.2) is 4.79 Å². The molecule has 1 saturated carbocycles. The molecular formula is C28H45ClN4O3. The highest BCUT2D eigenvalue weighted by atomic mass is 35.5. The summed E-state index contributed by atoms with van der Waals surface area (Å²) in [5, 5.41) is 9.93. The molecule has 1 heterocycles. The highest BCUT2D eigenvalue weighted by molar-refractivity contribution is 6.30. The van der Waals surface area contributed by atoms with Gasteiger partial charge < -0.3 is 25.6 Å². The first-order valence-electron chi connectivity index (χ1n) is 13.8. The van der Waals surface area contributed by atoms with Crippen LogP contribution in [0.3, 0.4) is 0 Å². The van der Waals surface area contributed by atoms with Gasteiger partial charge in [-0.3, -0.25) is 4.79 Å². The Hall–Kier alpha value is -1.83. The third kappa shape index (κ3) is 9.24. The SMILES string of the molecule is CNCC(CC1CCCCC1)NC(=O)N1CCCC([C@@H](OCCCC(=O)NC)c2cccc(Cl)c2)C1. The third-order valence-electron chi connectivity index (χ3n) is 7.60. The zero-order valence-corrected chi connectivity index (χ0v) is 22.8. The Kier molecular flexibility index (Phi) is 12.3. The minimum absolute atomic E-state index is 0.0165. The van der Waals surface area contributed by atoms with Gasteiger partial charge >= 0.3 is 6.03 Å². The summed E-state index contributed by atoms with van der Waals surface area (Å²) in [6, 6.07) is 7.98. The molecule has 1 aromatic rings. The topological polar surface area (TPSA) is 82.7 Å². The van der Waals surface area contributed by atoms with Crippen LogP contribution >= 0.6 is 11.6 Å². The number of rotatable bonds is 12. The van der Waals surface area contributed by atoms with E-state index in [9.17, 15) is 9.59 Å². The van der Waals surface area contributed by atoms with Crippen molar-refractivity contribution in [2.45, 2.75) is 76.4 Å². The number of hydrogen-bond acceptors (Lipinski definition) is 4. The maximum absolute atomic E-state index is 13.3. The first-order chi connectivity index (χ1) is 17.5. The summed E-state index contributed by atoms with van der Waals surface area (Å²) in [6.07, 6.45) is 10.4. The molecule has 202 valence electrons. The second kappa shape index (κ2) is 15.4. The molecule has 0 spiro atoms. The first-order valence-corrected chi connectivity index (χ1v) is 14.2. The van der Waals surface area contributed by atoms with Crippen molar-refractivity contribution in [3.63, 3.8) is 0 Å². The minimum Gasteiger partial charge on any atom is -0.373 e. The van der Waals surface area contributed by atoms with Crippen molar-refractivity contribution in [2.75, 3.05) is 40.3 Å². The molecule has 0 aromatic heterocycles. The van der Waals surface area contributed by atoms with Gasteiger partial charge in [0, 0.05) is 56.7 Å². The molecule has 36 heavy (non-hydrogen) atoms. The summed E-state index contributed by atoms with van der Waals surface area (Å²) in [6.45, 7) is 2.68. The fourth-order valence-corrected chi connectivity index (χ4v) is 5.93. The van der Waals surface area contributed by atoms with Crippen LogP contribution in [0.1, 0.15) is 75.9 Å². The predicted molar refractivity (Wildman–Crippen MR) is 145 cm³/mol. The van der Waals surface area contributed by atoms with E-state index in [4.69, 9.17) is 16.3 Å². The normalized spacial score (nSPS) is 20.5. The van der Waals surface area contributed by atoms with Gasteiger partial charge in [0.25, 0.3) is 0 Å². The molecule has 1 aliphatic heterocycles. The number of hydrogen-bond donors (Lipinski definition) is 3. The van der Waals surface area contributed by atoms with Crippen molar-refractivity contribution < 1.29 is 14.3 Å². The molecule has 7 nitrogen and oxygen atoms in total. The van der Waals surface area contributed by atoms with E-state index in [0.717, 1.165) is 37.9 Å². The molecule has 2 fully saturated rings. The summed E-state index contributed by atoms with van der Waals surface area (Å²) < 4.78 is 6.36. The van der Waals surface area contributed by atoms with E-state index in [-0.39, 0.29) is 30.0 Å². The number of carbonyl (C=O) groups excluding carboxylic acids is 2. The molecule has 1 saturated heterocycles. The van der Waals surface area contributed by atoms with Crippen molar-refractivity contribution in [3.05, 3.63) is 34.9 Å². The molecule has 3 atom stereocenters. The molecule has 2 aliphatic rings. The Morgan fingerprint density at radius 1 is 1.14 bits per heavy atom. The van der Waals surface area contributed by atoms with Crippen LogP contribution in [0.4, 0.5) is 4.79 Å². The fourth-order valence-electron chi connectivity index (χ4n) is 5.73. The molecule has 1 aromatic carbocycles. The highest BCUT2D eigenvalue weighted by Gasteiger charge is 2.32. The lowest BCUT2D eigenvalue weighted by Gasteiger charge is -2.38. The van der Waals surface area contributed by atoms with Crippen LogP contribution in [0.2, 0.25) is 5.02 Å². The molecule has 0 bridgehead atoms. The highest BCUT2D eigenvalue weighted by Crippen LogP contribution is 2.34. The number of halogens is 1. The largest absolute Gasteiger partial charge is 0.373 e. The summed E-state index contributed by atoms with van der Waals surface area (Å²) in [7, 11) is 3.60. The van der Waals surface area contributed by atoms with E-state index in [1.165, 1.54) is 32.1 Å². The zero-order chi connectivity index (χ0) is 25.8. The Morgan fingerprint density at radius 3 is 2.67 bits per heavy atom. The van der Waals surface area contributed by atoms with Crippen molar-refractivity contribution in [1.82, 2.24) is 20.9 Å². The lowest BCUT2D eigenvalue weighted by Crippen LogP contribution is -2.52. The summed E-state index contributed by atoms with van der Waals surface area (Å²) >= 11 is 6.31. The molecule has 3 rings (SSSR count).